The Labute approximate surface area is 211 Å². The van der Waals surface area contributed by atoms with Gasteiger partial charge in [0.25, 0.3) is 0 Å². The van der Waals surface area contributed by atoms with Gasteiger partial charge < -0.3 is 29.4 Å². The van der Waals surface area contributed by atoms with E-state index < -0.39 is 15.9 Å². The highest BCUT2D eigenvalue weighted by molar-refractivity contribution is 7.90. The second kappa shape index (κ2) is 12.1. The molecular weight excluding hydrogens is 484 g/mol. The summed E-state index contributed by atoms with van der Waals surface area (Å²) in [6, 6.07) is 12.0. The van der Waals surface area contributed by atoms with Crippen molar-refractivity contribution in [3.8, 4) is 28.5 Å². The number of aromatic nitrogens is 2. The third kappa shape index (κ3) is 7.09. The fraction of sp³-hybridized carbons (Fsp3) is 0.346. The molecule has 0 saturated heterocycles. The molecule has 3 N–H and O–H groups in total. The normalized spacial score (nSPS) is 13.8. The second-order valence-corrected chi connectivity index (χ2v) is 10.2. The Morgan fingerprint density at radius 1 is 1.08 bits per heavy atom. The average Bonchev–Trinajstić information content (AvgIpc) is 3.34. The summed E-state index contributed by atoms with van der Waals surface area (Å²) in [7, 11) is -3.42. The van der Waals surface area contributed by atoms with Gasteiger partial charge >= 0.3 is 0 Å². The van der Waals surface area contributed by atoms with Crippen LogP contribution in [-0.4, -0.2) is 60.3 Å². The van der Waals surface area contributed by atoms with E-state index in [4.69, 9.17) is 14.2 Å². The molecule has 0 aliphatic rings. The standard InChI is InChI=1S/C26H32N2O7S/c1-5-19(16-30)35-25(6-2)24-9-8-23(28-24)18-11-21(33-17(3)15-29)13-22(12-18)34-20-7-10-26(27-14-20)36(4,31)32/h6-14,17,19,28-30H,5,15-16H2,1-4H3/b25-6+/t17-,19?/m0/s1. The smallest absolute Gasteiger partial charge is 0.192 e. The van der Waals surface area contributed by atoms with E-state index in [2.05, 4.69) is 9.97 Å². The number of benzene rings is 1. The van der Waals surface area contributed by atoms with E-state index in [0.29, 0.717) is 29.4 Å². The number of pyridine rings is 1. The monoisotopic (exact) mass is 516 g/mol. The number of nitrogens with zero attached hydrogens (tertiary/aromatic N) is 1. The van der Waals surface area contributed by atoms with E-state index in [9.17, 15) is 18.6 Å². The molecule has 2 atom stereocenters. The third-order valence-electron chi connectivity index (χ3n) is 5.28. The quantitative estimate of drug-likeness (QED) is 0.306. The van der Waals surface area contributed by atoms with Crippen LogP contribution in [0.3, 0.4) is 0 Å². The Kier molecular flexibility index (Phi) is 9.14. The number of H-pyrrole nitrogens is 1. The van der Waals surface area contributed by atoms with Crippen LogP contribution in [0.15, 0.2) is 59.8 Å². The third-order valence-corrected chi connectivity index (χ3v) is 6.28. The predicted molar refractivity (Wildman–Crippen MR) is 137 cm³/mol. The van der Waals surface area contributed by atoms with Crippen molar-refractivity contribution in [3.05, 3.63) is 60.4 Å². The van der Waals surface area contributed by atoms with Crippen LogP contribution >= 0.6 is 0 Å². The summed E-state index contributed by atoms with van der Waals surface area (Å²) in [4.78, 5) is 7.29. The Morgan fingerprint density at radius 3 is 2.42 bits per heavy atom. The van der Waals surface area contributed by atoms with Crippen molar-refractivity contribution in [2.45, 2.75) is 44.4 Å². The van der Waals surface area contributed by atoms with Gasteiger partial charge in [-0.1, -0.05) is 6.92 Å². The van der Waals surface area contributed by atoms with Crippen LogP contribution in [0.5, 0.6) is 17.2 Å². The van der Waals surface area contributed by atoms with Crippen molar-refractivity contribution >= 4 is 15.6 Å². The van der Waals surface area contributed by atoms with E-state index in [1.165, 1.54) is 18.3 Å². The summed E-state index contributed by atoms with van der Waals surface area (Å²) in [5.74, 6) is 1.89. The minimum atomic E-state index is -3.42. The number of hydrogen-bond donors (Lipinski definition) is 3. The lowest BCUT2D eigenvalue weighted by atomic mass is 10.1. The predicted octanol–water partition coefficient (Wildman–Crippen LogP) is 4.18. The molecule has 2 aromatic heterocycles. The van der Waals surface area contributed by atoms with Gasteiger partial charge in [-0.25, -0.2) is 13.4 Å². The fourth-order valence-electron chi connectivity index (χ4n) is 3.33. The SMILES string of the molecule is C/C=C(/OC(CC)CO)c1ccc(-c2cc(Oc3ccc(S(C)(=O)=O)nc3)cc(O[C@@H](C)CO)c2)[nH]1. The number of aliphatic hydroxyl groups excluding tert-OH is 2. The van der Waals surface area contributed by atoms with Crippen molar-refractivity contribution in [2.24, 2.45) is 0 Å². The first kappa shape index (κ1) is 27.3. The second-order valence-electron chi connectivity index (χ2n) is 8.28. The number of ether oxygens (including phenoxy) is 3. The van der Waals surface area contributed by atoms with E-state index in [0.717, 1.165) is 23.2 Å². The van der Waals surface area contributed by atoms with Crippen LogP contribution in [-0.2, 0) is 14.6 Å². The van der Waals surface area contributed by atoms with Crippen LogP contribution in [0.1, 0.15) is 32.9 Å². The van der Waals surface area contributed by atoms with Crippen LogP contribution in [0.25, 0.3) is 17.0 Å². The number of rotatable bonds is 12. The molecule has 194 valence electrons. The maximum atomic E-state index is 11.7. The Morgan fingerprint density at radius 2 is 1.83 bits per heavy atom. The lowest BCUT2D eigenvalue weighted by Crippen LogP contribution is -2.16. The average molecular weight is 517 g/mol. The van der Waals surface area contributed by atoms with Gasteiger partial charge in [-0.3, -0.25) is 0 Å². The van der Waals surface area contributed by atoms with Crippen LogP contribution in [0.4, 0.5) is 0 Å². The highest BCUT2D eigenvalue weighted by Crippen LogP contribution is 2.33. The van der Waals surface area contributed by atoms with Gasteiger partial charge in [0.1, 0.15) is 35.2 Å². The Hall–Kier alpha value is -3.34. The minimum Gasteiger partial charge on any atom is -0.488 e. The zero-order valence-corrected chi connectivity index (χ0v) is 21.6. The number of hydrogen-bond acceptors (Lipinski definition) is 8. The molecule has 1 unspecified atom stereocenters. The number of sulfone groups is 1. The molecular formula is C26H32N2O7S. The van der Waals surface area contributed by atoms with Gasteiger partial charge in [-0.05, 0) is 62.7 Å². The molecule has 0 aliphatic carbocycles. The first-order valence-corrected chi connectivity index (χ1v) is 13.5. The lowest BCUT2D eigenvalue weighted by molar-refractivity contribution is 0.0890. The summed E-state index contributed by atoms with van der Waals surface area (Å²) >= 11 is 0. The summed E-state index contributed by atoms with van der Waals surface area (Å²) in [6.45, 7) is 5.31. The van der Waals surface area contributed by atoms with E-state index >= 15 is 0 Å². The molecule has 10 heteroatoms. The number of aromatic amines is 1. The number of allylic oxidation sites excluding steroid dienone is 1. The summed E-state index contributed by atoms with van der Waals surface area (Å²) < 4.78 is 41.0. The molecule has 9 nitrogen and oxygen atoms in total. The molecule has 0 saturated carbocycles. The van der Waals surface area contributed by atoms with Crippen LogP contribution in [0.2, 0.25) is 0 Å². The van der Waals surface area contributed by atoms with Gasteiger partial charge in [0.2, 0.25) is 0 Å². The molecule has 0 bridgehead atoms. The lowest BCUT2D eigenvalue weighted by Gasteiger charge is -2.17. The largest absolute Gasteiger partial charge is 0.488 e. The Balaban J connectivity index is 1.93. The zero-order valence-electron chi connectivity index (χ0n) is 20.8. The van der Waals surface area contributed by atoms with Gasteiger partial charge in [0.05, 0.1) is 25.1 Å². The summed E-state index contributed by atoms with van der Waals surface area (Å²) in [6.07, 6.45) is 4.20. The molecule has 36 heavy (non-hydrogen) atoms. The van der Waals surface area contributed by atoms with Crippen molar-refractivity contribution in [1.29, 1.82) is 0 Å². The molecule has 0 radical (unpaired) electrons. The Bertz CT molecular complexity index is 1280. The van der Waals surface area contributed by atoms with Gasteiger partial charge in [0, 0.05) is 23.6 Å². The molecule has 2 heterocycles. The topological polar surface area (TPSA) is 131 Å². The van der Waals surface area contributed by atoms with E-state index in [1.54, 1.807) is 19.1 Å². The maximum Gasteiger partial charge on any atom is 0.192 e. The first-order valence-electron chi connectivity index (χ1n) is 11.6. The summed E-state index contributed by atoms with van der Waals surface area (Å²) in [5.41, 5.74) is 2.27. The number of aliphatic hydroxyl groups is 2. The van der Waals surface area contributed by atoms with Crippen molar-refractivity contribution in [1.82, 2.24) is 9.97 Å². The van der Waals surface area contributed by atoms with Gasteiger partial charge in [0.15, 0.2) is 14.9 Å². The summed E-state index contributed by atoms with van der Waals surface area (Å²) in [5, 5.41) is 18.9. The zero-order chi connectivity index (χ0) is 26.3. The molecule has 3 aromatic rings. The van der Waals surface area contributed by atoms with Crippen molar-refractivity contribution < 1.29 is 32.8 Å². The minimum absolute atomic E-state index is 0.0446. The molecule has 0 aliphatic heterocycles. The highest BCUT2D eigenvalue weighted by Gasteiger charge is 2.15. The molecule has 0 spiro atoms. The van der Waals surface area contributed by atoms with E-state index in [1.807, 2.05) is 38.1 Å². The number of nitrogens with one attached hydrogen (secondary N) is 1. The van der Waals surface area contributed by atoms with Gasteiger partial charge in [-0.2, -0.15) is 0 Å². The molecule has 0 amide bonds. The van der Waals surface area contributed by atoms with Crippen LogP contribution < -0.4 is 9.47 Å². The van der Waals surface area contributed by atoms with Crippen LogP contribution in [0, 0.1) is 0 Å². The molecule has 3 rings (SSSR count). The van der Waals surface area contributed by atoms with Gasteiger partial charge in [-0.15, -0.1) is 0 Å². The maximum absolute atomic E-state index is 11.7. The van der Waals surface area contributed by atoms with Crippen molar-refractivity contribution in [2.75, 3.05) is 19.5 Å². The fourth-order valence-corrected chi connectivity index (χ4v) is 3.89. The highest BCUT2D eigenvalue weighted by atomic mass is 32.2. The first-order chi connectivity index (χ1) is 17.2. The van der Waals surface area contributed by atoms with E-state index in [-0.39, 0.29) is 24.3 Å². The van der Waals surface area contributed by atoms with Crippen molar-refractivity contribution in [3.63, 3.8) is 0 Å². The molecule has 0 fully saturated rings. The molecule has 1 aromatic carbocycles.